The van der Waals surface area contributed by atoms with E-state index in [1.807, 2.05) is 13.8 Å². The van der Waals surface area contributed by atoms with E-state index < -0.39 is 10.0 Å². The molecule has 1 aliphatic rings. The number of hydrogen-bond acceptors (Lipinski definition) is 4. The molecule has 0 bridgehead atoms. The van der Waals surface area contributed by atoms with E-state index in [9.17, 15) is 13.2 Å². The summed E-state index contributed by atoms with van der Waals surface area (Å²) >= 11 is 0. The van der Waals surface area contributed by atoms with Crippen LogP contribution >= 0.6 is 0 Å². The molecule has 1 aromatic carbocycles. The standard InChI is InChI=1S/C15H22N2O4S/c1-3-12(2)15(18)16-13-4-6-14(7-5-13)22(19,20)17-8-10-21-11-9-17/h4-7,12H,3,8-11H2,1-2H3,(H,16,18). The number of morpholine rings is 1. The Morgan fingerprint density at radius 2 is 1.86 bits per heavy atom. The molecular weight excluding hydrogens is 304 g/mol. The van der Waals surface area contributed by atoms with Crippen molar-refractivity contribution in [2.45, 2.75) is 25.2 Å². The molecule has 2 rings (SSSR count). The third kappa shape index (κ3) is 3.85. The predicted molar refractivity (Wildman–Crippen MR) is 84.1 cm³/mol. The number of anilines is 1. The second kappa shape index (κ2) is 7.21. The van der Waals surface area contributed by atoms with Crippen molar-refractivity contribution in [2.75, 3.05) is 31.6 Å². The Balaban J connectivity index is 2.09. The quantitative estimate of drug-likeness (QED) is 0.893. The zero-order valence-corrected chi connectivity index (χ0v) is 13.7. The first kappa shape index (κ1) is 16.9. The molecule has 22 heavy (non-hydrogen) atoms. The largest absolute Gasteiger partial charge is 0.379 e. The highest BCUT2D eigenvalue weighted by Crippen LogP contribution is 2.20. The van der Waals surface area contributed by atoms with E-state index in [0.717, 1.165) is 6.42 Å². The lowest BCUT2D eigenvalue weighted by molar-refractivity contribution is -0.119. The zero-order chi connectivity index (χ0) is 16.2. The first-order valence-corrected chi connectivity index (χ1v) is 8.88. The third-order valence-corrected chi connectivity index (χ3v) is 5.70. The van der Waals surface area contributed by atoms with Crippen LogP contribution in [-0.2, 0) is 19.6 Å². The molecule has 0 aliphatic carbocycles. The van der Waals surface area contributed by atoms with Gasteiger partial charge in [0, 0.05) is 24.7 Å². The minimum absolute atomic E-state index is 0.0636. The van der Waals surface area contributed by atoms with Crippen LogP contribution < -0.4 is 5.32 Å². The van der Waals surface area contributed by atoms with Gasteiger partial charge in [0.25, 0.3) is 0 Å². The van der Waals surface area contributed by atoms with Crippen molar-refractivity contribution < 1.29 is 17.9 Å². The maximum Gasteiger partial charge on any atom is 0.243 e. The second-order valence-corrected chi connectivity index (χ2v) is 7.28. The van der Waals surface area contributed by atoms with E-state index in [0.29, 0.717) is 32.0 Å². The first-order valence-electron chi connectivity index (χ1n) is 7.44. The van der Waals surface area contributed by atoms with Crippen molar-refractivity contribution in [3.8, 4) is 0 Å². The van der Waals surface area contributed by atoms with Crippen LogP contribution in [0.1, 0.15) is 20.3 Å². The molecule has 1 saturated heterocycles. The van der Waals surface area contributed by atoms with Gasteiger partial charge in [0.15, 0.2) is 0 Å². The van der Waals surface area contributed by atoms with E-state index >= 15 is 0 Å². The average molecular weight is 326 g/mol. The molecule has 1 heterocycles. The molecule has 6 nitrogen and oxygen atoms in total. The fourth-order valence-corrected chi connectivity index (χ4v) is 3.51. The van der Waals surface area contributed by atoms with Crippen molar-refractivity contribution in [2.24, 2.45) is 5.92 Å². The molecule has 0 spiro atoms. The summed E-state index contributed by atoms with van der Waals surface area (Å²) in [5, 5.41) is 2.78. The van der Waals surface area contributed by atoms with Gasteiger partial charge in [0.1, 0.15) is 0 Å². The van der Waals surface area contributed by atoms with Crippen LogP contribution in [0.15, 0.2) is 29.2 Å². The van der Waals surface area contributed by atoms with Gasteiger partial charge in [-0.1, -0.05) is 13.8 Å². The van der Waals surface area contributed by atoms with E-state index in [2.05, 4.69) is 5.32 Å². The van der Waals surface area contributed by atoms with Gasteiger partial charge in [0.2, 0.25) is 15.9 Å². The van der Waals surface area contributed by atoms with E-state index in [4.69, 9.17) is 4.74 Å². The monoisotopic (exact) mass is 326 g/mol. The van der Waals surface area contributed by atoms with Crippen molar-refractivity contribution in [1.82, 2.24) is 4.31 Å². The molecule has 1 atom stereocenters. The number of carbonyl (C=O) groups is 1. The molecule has 122 valence electrons. The summed E-state index contributed by atoms with van der Waals surface area (Å²) in [6.07, 6.45) is 0.759. The number of nitrogens with zero attached hydrogens (tertiary/aromatic N) is 1. The lowest BCUT2D eigenvalue weighted by atomic mass is 10.1. The molecule has 1 aromatic rings. The van der Waals surface area contributed by atoms with Gasteiger partial charge in [-0.25, -0.2) is 8.42 Å². The number of carbonyl (C=O) groups excluding carboxylic acids is 1. The molecule has 1 fully saturated rings. The number of nitrogens with one attached hydrogen (secondary N) is 1. The van der Waals surface area contributed by atoms with Crippen LogP contribution in [0.5, 0.6) is 0 Å². The molecule has 1 N–H and O–H groups in total. The number of sulfonamides is 1. The smallest absolute Gasteiger partial charge is 0.243 e. The molecule has 1 unspecified atom stereocenters. The van der Waals surface area contributed by atoms with Crippen molar-refractivity contribution >= 4 is 21.6 Å². The average Bonchev–Trinajstić information content (AvgIpc) is 2.55. The number of amides is 1. The Morgan fingerprint density at radius 1 is 1.27 bits per heavy atom. The third-order valence-electron chi connectivity index (χ3n) is 3.79. The number of hydrogen-bond donors (Lipinski definition) is 1. The Bertz CT molecular complexity index is 607. The Labute approximate surface area is 131 Å². The zero-order valence-electron chi connectivity index (χ0n) is 12.9. The van der Waals surface area contributed by atoms with Gasteiger partial charge >= 0.3 is 0 Å². The topological polar surface area (TPSA) is 75.7 Å². The van der Waals surface area contributed by atoms with Gasteiger partial charge in [-0.2, -0.15) is 4.31 Å². The number of rotatable bonds is 5. The minimum atomic E-state index is -3.49. The van der Waals surface area contributed by atoms with Crippen molar-refractivity contribution in [1.29, 1.82) is 0 Å². The van der Waals surface area contributed by atoms with E-state index in [-0.39, 0.29) is 16.7 Å². The predicted octanol–water partition coefficient (Wildman–Crippen LogP) is 1.69. The minimum Gasteiger partial charge on any atom is -0.379 e. The van der Waals surface area contributed by atoms with Gasteiger partial charge in [-0.15, -0.1) is 0 Å². The van der Waals surface area contributed by atoms with Gasteiger partial charge in [-0.05, 0) is 30.7 Å². The van der Waals surface area contributed by atoms with Crippen LogP contribution in [0, 0.1) is 5.92 Å². The van der Waals surface area contributed by atoms with Crippen LogP contribution in [0.4, 0.5) is 5.69 Å². The summed E-state index contributed by atoms with van der Waals surface area (Å²) in [6, 6.07) is 6.29. The highest BCUT2D eigenvalue weighted by atomic mass is 32.2. The van der Waals surface area contributed by atoms with Gasteiger partial charge < -0.3 is 10.1 Å². The highest BCUT2D eigenvalue weighted by molar-refractivity contribution is 7.89. The summed E-state index contributed by atoms with van der Waals surface area (Å²) in [7, 11) is -3.49. The van der Waals surface area contributed by atoms with Crippen LogP contribution in [0.25, 0.3) is 0 Å². The lowest BCUT2D eigenvalue weighted by Crippen LogP contribution is -2.40. The highest BCUT2D eigenvalue weighted by Gasteiger charge is 2.26. The summed E-state index contributed by atoms with van der Waals surface area (Å²) < 4.78 is 31.5. The second-order valence-electron chi connectivity index (χ2n) is 5.34. The van der Waals surface area contributed by atoms with Crippen LogP contribution in [0.2, 0.25) is 0 Å². The van der Waals surface area contributed by atoms with E-state index in [1.54, 1.807) is 12.1 Å². The van der Waals surface area contributed by atoms with Crippen molar-refractivity contribution in [3.05, 3.63) is 24.3 Å². The molecule has 1 aliphatic heterocycles. The Kier molecular flexibility index (Phi) is 5.55. The molecule has 0 saturated carbocycles. The van der Waals surface area contributed by atoms with Gasteiger partial charge in [-0.3, -0.25) is 4.79 Å². The Hall–Kier alpha value is -1.44. The summed E-state index contributed by atoms with van der Waals surface area (Å²) in [6.45, 7) is 5.38. The summed E-state index contributed by atoms with van der Waals surface area (Å²) in [5.41, 5.74) is 0.603. The maximum absolute atomic E-state index is 12.5. The fourth-order valence-electron chi connectivity index (χ4n) is 2.10. The fraction of sp³-hybridized carbons (Fsp3) is 0.533. The Morgan fingerprint density at radius 3 is 2.41 bits per heavy atom. The number of benzene rings is 1. The normalized spacial score (nSPS) is 17.9. The maximum atomic E-state index is 12.5. The molecule has 0 aromatic heterocycles. The molecular formula is C15H22N2O4S. The molecule has 7 heteroatoms. The summed E-state index contributed by atoms with van der Waals surface area (Å²) in [4.78, 5) is 12.1. The van der Waals surface area contributed by atoms with Crippen LogP contribution in [-0.4, -0.2) is 44.9 Å². The SMILES string of the molecule is CCC(C)C(=O)Nc1ccc(S(=O)(=O)N2CCOCC2)cc1. The molecule has 1 amide bonds. The molecule has 0 radical (unpaired) electrons. The van der Waals surface area contributed by atoms with Crippen molar-refractivity contribution in [3.63, 3.8) is 0 Å². The summed E-state index contributed by atoms with van der Waals surface area (Å²) in [5.74, 6) is -0.136. The van der Waals surface area contributed by atoms with Gasteiger partial charge in [0.05, 0.1) is 18.1 Å². The number of ether oxygens (including phenoxy) is 1. The van der Waals surface area contributed by atoms with Crippen LogP contribution in [0.3, 0.4) is 0 Å². The lowest BCUT2D eigenvalue weighted by Gasteiger charge is -2.26. The first-order chi connectivity index (χ1) is 10.4. The van der Waals surface area contributed by atoms with E-state index in [1.165, 1.54) is 16.4 Å².